The molecule has 24 heavy (non-hydrogen) atoms. The van der Waals surface area contributed by atoms with Crippen LogP contribution in [0, 0.1) is 6.92 Å². The maximum Gasteiger partial charge on any atom is 0.254 e. The summed E-state index contributed by atoms with van der Waals surface area (Å²) in [5.41, 5.74) is 0.531. The lowest BCUT2D eigenvalue weighted by Gasteiger charge is -2.31. The molecule has 2 aromatic rings. The first kappa shape index (κ1) is 16.4. The number of carbonyl (C=O) groups excluding carboxylic acids is 1. The lowest BCUT2D eigenvalue weighted by atomic mass is 10.2. The van der Waals surface area contributed by atoms with Crippen molar-refractivity contribution in [2.75, 3.05) is 19.7 Å². The van der Waals surface area contributed by atoms with Crippen molar-refractivity contribution in [1.82, 2.24) is 20.1 Å². The Bertz CT molecular complexity index is 716. The fraction of sp³-hybridized carbons (Fsp3) is 0.500. The molecule has 0 aromatic carbocycles. The summed E-state index contributed by atoms with van der Waals surface area (Å²) in [7, 11) is 0. The first-order valence-electron chi connectivity index (χ1n) is 7.86. The van der Waals surface area contributed by atoms with Crippen LogP contribution in [0.1, 0.15) is 42.1 Å². The lowest BCUT2D eigenvalue weighted by Crippen LogP contribution is -2.42. The Morgan fingerprint density at radius 3 is 2.96 bits per heavy atom. The van der Waals surface area contributed by atoms with Crippen molar-refractivity contribution in [2.45, 2.75) is 33.0 Å². The van der Waals surface area contributed by atoms with Crippen LogP contribution in [0.15, 0.2) is 22.7 Å². The number of morpholine rings is 1. The summed E-state index contributed by atoms with van der Waals surface area (Å²) in [6, 6.07) is 3.33. The number of ether oxygens (including phenoxy) is 2. The topological polar surface area (TPSA) is 90.6 Å². The molecule has 3 rings (SSSR count). The maximum absolute atomic E-state index is 12.7. The van der Waals surface area contributed by atoms with Crippen molar-refractivity contribution in [3.63, 3.8) is 0 Å². The fourth-order valence-corrected chi connectivity index (χ4v) is 2.46. The highest BCUT2D eigenvalue weighted by atomic mass is 16.5. The van der Waals surface area contributed by atoms with Gasteiger partial charge in [-0.3, -0.25) is 4.79 Å². The van der Waals surface area contributed by atoms with E-state index in [1.165, 1.54) is 0 Å². The standard InChI is InChI=1S/C16H20N4O4/c1-10(2)23-14-8-12(4-5-17-14)16(21)20-6-7-22-13(9-20)15-19-18-11(3)24-15/h4-5,8,10,13H,6-7,9H2,1-3H3/t13-/m0/s1. The molecule has 8 heteroatoms. The summed E-state index contributed by atoms with van der Waals surface area (Å²) >= 11 is 0. The van der Waals surface area contributed by atoms with Crippen LogP contribution >= 0.6 is 0 Å². The van der Waals surface area contributed by atoms with E-state index in [1.807, 2.05) is 13.8 Å². The normalized spacial score (nSPS) is 18.0. The van der Waals surface area contributed by atoms with Gasteiger partial charge in [0.1, 0.15) is 0 Å². The quantitative estimate of drug-likeness (QED) is 0.842. The van der Waals surface area contributed by atoms with Gasteiger partial charge in [0, 0.05) is 31.3 Å². The van der Waals surface area contributed by atoms with Gasteiger partial charge in [-0.25, -0.2) is 4.98 Å². The van der Waals surface area contributed by atoms with Gasteiger partial charge in [-0.05, 0) is 19.9 Å². The third-order valence-electron chi connectivity index (χ3n) is 3.51. The number of hydrogen-bond donors (Lipinski definition) is 0. The fourth-order valence-electron chi connectivity index (χ4n) is 2.46. The first-order valence-corrected chi connectivity index (χ1v) is 7.86. The highest BCUT2D eigenvalue weighted by molar-refractivity contribution is 5.94. The van der Waals surface area contributed by atoms with Crippen molar-refractivity contribution in [2.24, 2.45) is 0 Å². The van der Waals surface area contributed by atoms with E-state index in [0.29, 0.717) is 42.9 Å². The number of aryl methyl sites for hydroxylation is 1. The number of nitrogens with zero attached hydrogens (tertiary/aromatic N) is 4. The second-order valence-corrected chi connectivity index (χ2v) is 5.82. The van der Waals surface area contributed by atoms with Crippen LogP contribution in [0.25, 0.3) is 0 Å². The van der Waals surface area contributed by atoms with Gasteiger partial charge in [0.2, 0.25) is 17.7 Å². The number of carbonyl (C=O) groups is 1. The minimum Gasteiger partial charge on any atom is -0.475 e. The monoisotopic (exact) mass is 332 g/mol. The van der Waals surface area contributed by atoms with E-state index in [2.05, 4.69) is 15.2 Å². The Hall–Kier alpha value is -2.48. The molecule has 1 aliphatic heterocycles. The Morgan fingerprint density at radius 2 is 2.25 bits per heavy atom. The second-order valence-electron chi connectivity index (χ2n) is 5.82. The largest absolute Gasteiger partial charge is 0.475 e. The van der Waals surface area contributed by atoms with E-state index < -0.39 is 6.10 Å². The van der Waals surface area contributed by atoms with Gasteiger partial charge < -0.3 is 18.8 Å². The molecule has 0 bridgehead atoms. The van der Waals surface area contributed by atoms with Gasteiger partial charge in [0.25, 0.3) is 5.91 Å². The predicted molar refractivity (Wildman–Crippen MR) is 83.6 cm³/mol. The Labute approximate surface area is 139 Å². The average Bonchev–Trinajstić information content (AvgIpc) is 3.00. The third-order valence-corrected chi connectivity index (χ3v) is 3.51. The van der Waals surface area contributed by atoms with Crippen LogP contribution in [0.4, 0.5) is 0 Å². The van der Waals surface area contributed by atoms with E-state index in [0.717, 1.165) is 0 Å². The molecule has 1 atom stereocenters. The number of rotatable bonds is 4. The molecule has 8 nitrogen and oxygen atoms in total. The smallest absolute Gasteiger partial charge is 0.254 e. The van der Waals surface area contributed by atoms with Crippen molar-refractivity contribution >= 4 is 5.91 Å². The average molecular weight is 332 g/mol. The van der Waals surface area contributed by atoms with Gasteiger partial charge in [-0.15, -0.1) is 10.2 Å². The molecule has 0 spiro atoms. The summed E-state index contributed by atoms with van der Waals surface area (Å²) in [6.07, 6.45) is 1.16. The van der Waals surface area contributed by atoms with Crippen molar-refractivity contribution < 1.29 is 18.7 Å². The molecule has 1 amide bonds. The number of pyridine rings is 1. The Morgan fingerprint density at radius 1 is 1.42 bits per heavy atom. The van der Waals surface area contributed by atoms with Crippen LogP contribution in [-0.2, 0) is 4.74 Å². The molecular weight excluding hydrogens is 312 g/mol. The van der Waals surface area contributed by atoms with Crippen LogP contribution in [0.3, 0.4) is 0 Å². The first-order chi connectivity index (χ1) is 11.5. The third kappa shape index (κ3) is 3.70. The summed E-state index contributed by atoms with van der Waals surface area (Å²) < 4.78 is 16.6. The molecule has 1 fully saturated rings. The maximum atomic E-state index is 12.7. The Kier molecular flexibility index (Phi) is 4.75. The molecule has 1 aliphatic rings. The molecule has 0 aliphatic carbocycles. The van der Waals surface area contributed by atoms with Crippen molar-refractivity contribution in [1.29, 1.82) is 0 Å². The summed E-state index contributed by atoms with van der Waals surface area (Å²) in [5.74, 6) is 1.20. The minimum atomic E-state index is -0.405. The van der Waals surface area contributed by atoms with Crippen LogP contribution < -0.4 is 4.74 Å². The second kappa shape index (κ2) is 6.96. The number of aromatic nitrogens is 3. The van der Waals surface area contributed by atoms with E-state index in [-0.39, 0.29) is 12.0 Å². The molecule has 128 valence electrons. The lowest BCUT2D eigenvalue weighted by molar-refractivity contribution is -0.0349. The van der Waals surface area contributed by atoms with E-state index in [4.69, 9.17) is 13.9 Å². The van der Waals surface area contributed by atoms with Gasteiger partial charge >= 0.3 is 0 Å². The molecule has 0 saturated carbocycles. The van der Waals surface area contributed by atoms with Crippen molar-refractivity contribution in [3.8, 4) is 5.88 Å². The molecule has 0 N–H and O–H groups in total. The van der Waals surface area contributed by atoms with E-state index in [9.17, 15) is 4.79 Å². The summed E-state index contributed by atoms with van der Waals surface area (Å²) in [4.78, 5) is 18.6. The Balaban J connectivity index is 1.72. The molecule has 0 radical (unpaired) electrons. The molecule has 3 heterocycles. The zero-order valence-electron chi connectivity index (χ0n) is 13.9. The molecule has 2 aromatic heterocycles. The highest BCUT2D eigenvalue weighted by Crippen LogP contribution is 2.23. The minimum absolute atomic E-state index is 0.00335. The molecular formula is C16H20N4O4. The van der Waals surface area contributed by atoms with Gasteiger partial charge in [0.15, 0.2) is 6.10 Å². The van der Waals surface area contributed by atoms with E-state index in [1.54, 1.807) is 30.2 Å². The predicted octanol–water partition coefficient (Wildman–Crippen LogP) is 1.77. The van der Waals surface area contributed by atoms with Gasteiger partial charge in [0.05, 0.1) is 19.3 Å². The molecule has 0 unspecified atom stereocenters. The van der Waals surface area contributed by atoms with Crippen LogP contribution in [0.2, 0.25) is 0 Å². The summed E-state index contributed by atoms with van der Waals surface area (Å²) in [5, 5.41) is 7.78. The summed E-state index contributed by atoms with van der Waals surface area (Å²) in [6.45, 7) is 6.83. The zero-order chi connectivity index (χ0) is 17.1. The molecule has 1 saturated heterocycles. The van der Waals surface area contributed by atoms with E-state index >= 15 is 0 Å². The zero-order valence-corrected chi connectivity index (χ0v) is 13.9. The highest BCUT2D eigenvalue weighted by Gasteiger charge is 2.29. The van der Waals surface area contributed by atoms with Crippen molar-refractivity contribution in [3.05, 3.63) is 35.7 Å². The number of amides is 1. The number of hydrogen-bond acceptors (Lipinski definition) is 7. The van der Waals surface area contributed by atoms with Gasteiger partial charge in [-0.1, -0.05) is 0 Å². The SMILES string of the molecule is Cc1nnc([C@@H]2CN(C(=O)c3ccnc(OC(C)C)c3)CCO2)o1. The van der Waals surface area contributed by atoms with Crippen LogP contribution in [-0.4, -0.2) is 51.8 Å². The van der Waals surface area contributed by atoms with Crippen LogP contribution in [0.5, 0.6) is 5.88 Å². The van der Waals surface area contributed by atoms with Gasteiger partial charge in [-0.2, -0.15) is 0 Å².